The summed E-state index contributed by atoms with van der Waals surface area (Å²) in [7, 11) is -2.32. The third-order valence-electron chi connectivity index (χ3n) is 4.01. The molecule has 23 heavy (non-hydrogen) atoms. The Kier molecular flexibility index (Phi) is 7.90. The van der Waals surface area contributed by atoms with E-state index in [1.807, 2.05) is 0 Å². The maximum absolute atomic E-state index is 12.6. The molecule has 2 atom stereocenters. The minimum Gasteiger partial charge on any atom is -0.495 e. The molecule has 0 aromatic heterocycles. The van der Waals surface area contributed by atoms with Crippen LogP contribution in [0.1, 0.15) is 25.7 Å². The molecule has 132 valence electrons. The zero-order valence-electron chi connectivity index (χ0n) is 12.7. The number of methoxy groups -OCH3 is 1. The van der Waals surface area contributed by atoms with Crippen molar-refractivity contribution in [1.82, 2.24) is 4.72 Å². The SMILES string of the molecule is COc1cc(Cl)c(S(=O)(=O)NC2CCCCC2CN)cc1Cl.Cl. The van der Waals surface area contributed by atoms with E-state index in [4.69, 9.17) is 33.7 Å². The smallest absolute Gasteiger partial charge is 0.242 e. The standard InChI is InChI=1S/C14H20Cl2N2O3S.ClH/c1-21-13-6-11(16)14(7-10(13)15)22(19,20)18-12-5-3-2-4-9(12)8-17;/h6-7,9,12,18H,2-5,8,17H2,1H3;1H. The van der Waals surface area contributed by atoms with E-state index in [0.29, 0.717) is 12.3 Å². The Morgan fingerprint density at radius 3 is 2.52 bits per heavy atom. The quantitative estimate of drug-likeness (QED) is 0.791. The molecule has 2 rings (SSSR count). The number of nitrogens with two attached hydrogens (primary N) is 1. The first-order valence-corrected chi connectivity index (χ1v) is 9.38. The summed E-state index contributed by atoms with van der Waals surface area (Å²) in [6.07, 6.45) is 3.78. The number of benzene rings is 1. The highest BCUT2D eigenvalue weighted by Crippen LogP contribution is 2.34. The second-order valence-electron chi connectivity index (χ2n) is 5.43. The first-order valence-electron chi connectivity index (χ1n) is 7.14. The molecule has 2 unspecified atom stereocenters. The van der Waals surface area contributed by atoms with Crippen molar-refractivity contribution in [3.63, 3.8) is 0 Å². The van der Waals surface area contributed by atoms with E-state index in [1.165, 1.54) is 19.2 Å². The maximum Gasteiger partial charge on any atom is 0.242 e. The van der Waals surface area contributed by atoms with E-state index < -0.39 is 10.0 Å². The van der Waals surface area contributed by atoms with Crippen molar-refractivity contribution >= 4 is 45.6 Å². The first-order chi connectivity index (χ1) is 10.4. The Balaban J connectivity index is 0.00000264. The molecule has 1 aliphatic carbocycles. The first kappa shape index (κ1) is 20.8. The highest BCUT2D eigenvalue weighted by molar-refractivity contribution is 7.89. The van der Waals surface area contributed by atoms with Gasteiger partial charge in [0.15, 0.2) is 0 Å². The van der Waals surface area contributed by atoms with Gasteiger partial charge in [-0.25, -0.2) is 13.1 Å². The summed E-state index contributed by atoms with van der Waals surface area (Å²) in [5.41, 5.74) is 5.74. The van der Waals surface area contributed by atoms with Crippen LogP contribution in [-0.2, 0) is 10.0 Å². The van der Waals surface area contributed by atoms with Gasteiger partial charge in [0.1, 0.15) is 10.6 Å². The molecular weight excluding hydrogens is 383 g/mol. The van der Waals surface area contributed by atoms with Crippen LogP contribution in [0.25, 0.3) is 0 Å². The van der Waals surface area contributed by atoms with Crippen molar-refractivity contribution in [3.8, 4) is 5.75 Å². The van der Waals surface area contributed by atoms with Gasteiger partial charge in [0.2, 0.25) is 10.0 Å². The van der Waals surface area contributed by atoms with E-state index in [1.54, 1.807) is 0 Å². The topological polar surface area (TPSA) is 81.4 Å². The summed E-state index contributed by atoms with van der Waals surface area (Å²) in [4.78, 5) is -0.0405. The third kappa shape index (κ3) is 4.87. The van der Waals surface area contributed by atoms with Gasteiger partial charge in [-0.2, -0.15) is 0 Å². The highest BCUT2D eigenvalue weighted by atomic mass is 35.5. The van der Waals surface area contributed by atoms with E-state index >= 15 is 0 Å². The molecule has 0 radical (unpaired) electrons. The second kappa shape index (κ2) is 8.74. The molecule has 0 heterocycles. The van der Waals surface area contributed by atoms with Crippen LogP contribution in [0.4, 0.5) is 0 Å². The molecule has 1 saturated carbocycles. The fourth-order valence-electron chi connectivity index (χ4n) is 2.78. The Morgan fingerprint density at radius 1 is 1.26 bits per heavy atom. The van der Waals surface area contributed by atoms with Gasteiger partial charge in [0.25, 0.3) is 0 Å². The summed E-state index contributed by atoms with van der Waals surface area (Å²) in [6, 6.07) is 2.55. The van der Waals surface area contributed by atoms with Crippen molar-refractivity contribution in [1.29, 1.82) is 0 Å². The van der Waals surface area contributed by atoms with E-state index in [-0.39, 0.29) is 39.3 Å². The zero-order valence-corrected chi connectivity index (χ0v) is 15.9. The maximum atomic E-state index is 12.6. The van der Waals surface area contributed by atoms with E-state index in [2.05, 4.69) is 4.72 Å². The van der Waals surface area contributed by atoms with Crippen molar-refractivity contribution in [3.05, 3.63) is 22.2 Å². The molecule has 0 amide bonds. The predicted octanol–water partition coefficient (Wildman–Crippen LogP) is 3.22. The summed E-state index contributed by atoms with van der Waals surface area (Å²) in [5.74, 6) is 0.485. The molecule has 1 aromatic rings. The van der Waals surface area contributed by atoms with Crippen molar-refractivity contribution < 1.29 is 13.2 Å². The molecule has 1 fully saturated rings. The van der Waals surface area contributed by atoms with Crippen LogP contribution in [0, 0.1) is 5.92 Å². The average Bonchev–Trinajstić information content (AvgIpc) is 2.49. The molecule has 0 bridgehead atoms. The predicted molar refractivity (Wildman–Crippen MR) is 95.4 cm³/mol. The van der Waals surface area contributed by atoms with Crippen LogP contribution >= 0.6 is 35.6 Å². The summed E-state index contributed by atoms with van der Waals surface area (Å²) >= 11 is 12.1. The van der Waals surface area contributed by atoms with Crippen molar-refractivity contribution in [2.75, 3.05) is 13.7 Å². The van der Waals surface area contributed by atoms with Crippen molar-refractivity contribution in [2.45, 2.75) is 36.6 Å². The van der Waals surface area contributed by atoms with Gasteiger partial charge in [0.05, 0.1) is 17.2 Å². The number of rotatable bonds is 5. The normalized spacial score (nSPS) is 21.6. The van der Waals surface area contributed by atoms with Crippen molar-refractivity contribution in [2.24, 2.45) is 11.7 Å². The molecule has 9 heteroatoms. The van der Waals surface area contributed by atoms with Crippen LogP contribution in [0.15, 0.2) is 17.0 Å². The lowest BCUT2D eigenvalue weighted by molar-refractivity contribution is 0.296. The monoisotopic (exact) mass is 402 g/mol. The van der Waals surface area contributed by atoms with E-state index in [0.717, 1.165) is 25.7 Å². The molecule has 1 aliphatic rings. The minimum absolute atomic E-state index is 0. The largest absolute Gasteiger partial charge is 0.495 e. The summed E-state index contributed by atoms with van der Waals surface area (Å²) in [6.45, 7) is 0.463. The fraction of sp³-hybridized carbons (Fsp3) is 0.571. The molecular formula is C14H21Cl3N2O3S. The molecule has 3 N–H and O–H groups in total. The van der Waals surface area contributed by atoms with Gasteiger partial charge in [-0.3, -0.25) is 0 Å². The fourth-order valence-corrected chi connectivity index (χ4v) is 4.97. The Morgan fingerprint density at radius 2 is 1.91 bits per heavy atom. The zero-order chi connectivity index (χ0) is 16.3. The van der Waals surface area contributed by atoms with Gasteiger partial charge in [-0.15, -0.1) is 12.4 Å². The molecule has 0 saturated heterocycles. The van der Waals surface area contributed by atoms with Gasteiger partial charge in [0, 0.05) is 12.1 Å². The van der Waals surface area contributed by atoms with Crippen LogP contribution < -0.4 is 15.2 Å². The third-order valence-corrected chi connectivity index (χ3v) is 6.26. The van der Waals surface area contributed by atoms with Gasteiger partial charge in [-0.05, 0) is 31.4 Å². The molecule has 1 aromatic carbocycles. The minimum atomic E-state index is -3.76. The van der Waals surface area contributed by atoms with Gasteiger partial charge in [-0.1, -0.05) is 36.0 Å². The average molecular weight is 404 g/mol. The number of hydrogen-bond donors (Lipinski definition) is 2. The second-order valence-corrected chi connectivity index (χ2v) is 7.92. The van der Waals surface area contributed by atoms with Crippen LogP contribution in [-0.4, -0.2) is 28.1 Å². The number of nitrogens with one attached hydrogen (secondary N) is 1. The van der Waals surface area contributed by atoms with Gasteiger partial charge < -0.3 is 10.5 Å². The number of halogens is 3. The Labute approximate surface area is 153 Å². The Hall–Kier alpha value is -0.240. The number of sulfonamides is 1. The molecule has 0 spiro atoms. The van der Waals surface area contributed by atoms with Gasteiger partial charge >= 0.3 is 0 Å². The lowest BCUT2D eigenvalue weighted by Gasteiger charge is -2.31. The Bertz CT molecular complexity index is 640. The lowest BCUT2D eigenvalue weighted by Crippen LogP contribution is -2.44. The molecule has 0 aliphatic heterocycles. The van der Waals surface area contributed by atoms with E-state index in [9.17, 15) is 8.42 Å². The molecule has 5 nitrogen and oxygen atoms in total. The van der Waals surface area contributed by atoms with Crippen LogP contribution in [0.5, 0.6) is 5.75 Å². The highest BCUT2D eigenvalue weighted by Gasteiger charge is 2.30. The number of ether oxygens (including phenoxy) is 1. The van der Waals surface area contributed by atoms with Crippen LogP contribution in [0.2, 0.25) is 10.0 Å². The van der Waals surface area contributed by atoms with Crippen LogP contribution in [0.3, 0.4) is 0 Å². The summed E-state index contributed by atoms with van der Waals surface area (Å²) in [5, 5.41) is 0.278. The summed E-state index contributed by atoms with van der Waals surface area (Å²) < 4.78 is 33.0. The lowest BCUT2D eigenvalue weighted by atomic mass is 9.85. The number of hydrogen-bond acceptors (Lipinski definition) is 4.